The molecule has 5 aromatic rings. The van der Waals surface area contributed by atoms with E-state index in [1.807, 2.05) is 24.3 Å². The van der Waals surface area contributed by atoms with E-state index in [9.17, 15) is 5.11 Å². The van der Waals surface area contributed by atoms with Crippen LogP contribution in [0, 0.1) is 11.8 Å². The number of benzene rings is 4. The molecular weight excluding hydrogens is 554 g/mol. The molecular formula is C40H45N3O2. The normalized spacial score (nSPS) is 20.8. The van der Waals surface area contributed by atoms with Gasteiger partial charge in [-0.15, -0.1) is 0 Å². The van der Waals surface area contributed by atoms with Crippen molar-refractivity contribution in [3.8, 4) is 5.88 Å². The third kappa shape index (κ3) is 6.22. The van der Waals surface area contributed by atoms with Crippen LogP contribution in [0.15, 0.2) is 103 Å². The molecule has 0 bridgehead atoms. The molecule has 2 aliphatic rings. The number of para-hydroxylation sites is 1. The summed E-state index contributed by atoms with van der Waals surface area (Å²) in [4.78, 5) is 7.62. The number of hydrogen-bond acceptors (Lipinski definition) is 5. The zero-order valence-electron chi connectivity index (χ0n) is 26.4. The summed E-state index contributed by atoms with van der Waals surface area (Å²) in [6.45, 7) is 5.83. The fourth-order valence-electron chi connectivity index (χ4n) is 8.02. The van der Waals surface area contributed by atoms with Gasteiger partial charge < -0.3 is 20.1 Å². The number of likely N-dealkylation sites (tertiary alicyclic amines) is 1. The molecule has 5 nitrogen and oxygen atoms in total. The predicted octanol–water partition coefficient (Wildman–Crippen LogP) is 7.52. The van der Waals surface area contributed by atoms with Gasteiger partial charge in [-0.3, -0.25) is 0 Å². The van der Waals surface area contributed by atoms with Crippen LogP contribution >= 0.6 is 0 Å². The van der Waals surface area contributed by atoms with Gasteiger partial charge in [0.05, 0.1) is 12.6 Å². The fourth-order valence-corrected chi connectivity index (χ4v) is 8.02. The average molecular weight is 600 g/mol. The first kappa shape index (κ1) is 29.9. The molecule has 2 fully saturated rings. The van der Waals surface area contributed by atoms with Crippen LogP contribution in [0.3, 0.4) is 0 Å². The van der Waals surface area contributed by atoms with Crippen LogP contribution in [0.2, 0.25) is 0 Å². The van der Waals surface area contributed by atoms with E-state index in [2.05, 4.69) is 89.1 Å². The van der Waals surface area contributed by atoms with E-state index in [1.165, 1.54) is 37.9 Å². The van der Waals surface area contributed by atoms with E-state index < -0.39 is 5.60 Å². The monoisotopic (exact) mass is 599 g/mol. The number of rotatable bonds is 10. The summed E-state index contributed by atoms with van der Waals surface area (Å²) in [6, 6.07) is 35.6. The van der Waals surface area contributed by atoms with E-state index in [-0.39, 0.29) is 5.92 Å². The number of hydrogen-bond donors (Lipinski definition) is 2. The second-order valence-corrected chi connectivity index (χ2v) is 13.2. The number of fused-ring (bicyclic) bond motifs is 3. The standard InChI is InChI=1S/C40H45N3O2/c1-45-39-36(26-32-15-7-8-16-37(32)42-39)38(30-12-3-2-4-13-30)40(44,35-18-17-29-11-5-6-14-31(29)25-35)21-9-10-23-43-24-20-33-27-41-22-19-34(33)28-43/h2-8,11-18,25-26,33-34,38,41,44H,9-10,19-24,27-28H2,1H3. The number of piperidine rings is 2. The van der Waals surface area contributed by atoms with Crippen LogP contribution in [-0.2, 0) is 5.60 Å². The maximum Gasteiger partial charge on any atom is 0.217 e. The zero-order chi connectivity index (χ0) is 30.6. The van der Waals surface area contributed by atoms with E-state index in [1.54, 1.807) is 7.11 Å². The molecule has 2 N–H and O–H groups in total. The Morgan fingerprint density at radius 3 is 2.49 bits per heavy atom. The molecule has 4 atom stereocenters. The number of methoxy groups -OCH3 is 1. The summed E-state index contributed by atoms with van der Waals surface area (Å²) in [5.41, 5.74) is 2.59. The lowest BCUT2D eigenvalue weighted by Gasteiger charge is -2.42. The van der Waals surface area contributed by atoms with Crippen molar-refractivity contribution in [1.82, 2.24) is 15.2 Å². The number of nitrogens with one attached hydrogen (secondary N) is 1. The average Bonchev–Trinajstić information content (AvgIpc) is 3.10. The molecule has 0 aliphatic carbocycles. The van der Waals surface area contributed by atoms with Crippen molar-refractivity contribution in [2.24, 2.45) is 11.8 Å². The lowest BCUT2D eigenvalue weighted by Crippen LogP contribution is -2.48. The second-order valence-electron chi connectivity index (χ2n) is 13.2. The lowest BCUT2D eigenvalue weighted by atomic mass is 9.71. The van der Waals surface area contributed by atoms with Crippen molar-refractivity contribution < 1.29 is 9.84 Å². The molecule has 232 valence electrons. The van der Waals surface area contributed by atoms with Gasteiger partial charge in [0, 0.05) is 23.4 Å². The first-order chi connectivity index (χ1) is 22.1. The second kappa shape index (κ2) is 13.3. The van der Waals surface area contributed by atoms with Crippen LogP contribution in [0.5, 0.6) is 5.88 Å². The number of nitrogens with zero attached hydrogens (tertiary/aromatic N) is 2. The topological polar surface area (TPSA) is 57.6 Å². The molecule has 0 saturated carbocycles. The van der Waals surface area contributed by atoms with Crippen molar-refractivity contribution in [2.45, 2.75) is 43.6 Å². The molecule has 2 aliphatic heterocycles. The number of unbranched alkanes of at least 4 members (excludes halogenated alkanes) is 1. The number of ether oxygens (including phenoxy) is 1. The van der Waals surface area contributed by atoms with Gasteiger partial charge in [0.15, 0.2) is 0 Å². The Labute approximate surface area is 267 Å². The Balaban J connectivity index is 1.26. The first-order valence-corrected chi connectivity index (χ1v) is 16.8. The SMILES string of the molecule is COc1nc2ccccc2cc1C(c1ccccc1)C(O)(CCCCN1CCC2CNCCC2C1)c1ccc2ccccc2c1. The molecule has 3 heterocycles. The van der Waals surface area contributed by atoms with Crippen LogP contribution in [0.25, 0.3) is 21.7 Å². The molecule has 5 heteroatoms. The molecule has 4 aromatic carbocycles. The van der Waals surface area contributed by atoms with Crippen molar-refractivity contribution in [3.63, 3.8) is 0 Å². The summed E-state index contributed by atoms with van der Waals surface area (Å²) < 4.78 is 5.97. The van der Waals surface area contributed by atoms with Crippen LogP contribution in [0.1, 0.15) is 54.7 Å². The molecule has 4 unspecified atom stereocenters. The molecule has 7 rings (SSSR count). The van der Waals surface area contributed by atoms with Crippen LogP contribution < -0.4 is 10.1 Å². The van der Waals surface area contributed by atoms with Gasteiger partial charge in [0.25, 0.3) is 0 Å². The van der Waals surface area contributed by atoms with Gasteiger partial charge in [-0.05, 0) is 110 Å². The summed E-state index contributed by atoms with van der Waals surface area (Å²) in [7, 11) is 1.68. The number of pyridine rings is 1. The Kier molecular flexibility index (Phi) is 8.84. The van der Waals surface area contributed by atoms with E-state index in [0.29, 0.717) is 12.3 Å². The van der Waals surface area contributed by atoms with Crippen LogP contribution in [0.4, 0.5) is 0 Å². The van der Waals surface area contributed by atoms with E-state index in [4.69, 9.17) is 9.72 Å². The smallest absolute Gasteiger partial charge is 0.217 e. The maximum absolute atomic E-state index is 13.3. The Morgan fingerprint density at radius 2 is 1.64 bits per heavy atom. The van der Waals surface area contributed by atoms with Crippen molar-refractivity contribution in [3.05, 3.63) is 120 Å². The quantitative estimate of drug-likeness (QED) is 0.163. The van der Waals surface area contributed by atoms with Gasteiger partial charge in [-0.25, -0.2) is 4.98 Å². The Morgan fingerprint density at radius 1 is 0.867 bits per heavy atom. The van der Waals surface area contributed by atoms with Crippen LogP contribution in [-0.4, -0.2) is 54.8 Å². The van der Waals surface area contributed by atoms with Gasteiger partial charge in [-0.1, -0.05) is 84.9 Å². The molecule has 1 aromatic heterocycles. The minimum Gasteiger partial charge on any atom is -0.481 e. The summed E-state index contributed by atoms with van der Waals surface area (Å²) in [5, 5.41) is 20.2. The summed E-state index contributed by atoms with van der Waals surface area (Å²) >= 11 is 0. The lowest BCUT2D eigenvalue weighted by molar-refractivity contribution is 0.00598. The highest BCUT2D eigenvalue weighted by atomic mass is 16.5. The maximum atomic E-state index is 13.3. The molecule has 2 saturated heterocycles. The van der Waals surface area contributed by atoms with Gasteiger partial charge in [0.1, 0.15) is 5.60 Å². The predicted molar refractivity (Wildman–Crippen MR) is 184 cm³/mol. The van der Waals surface area contributed by atoms with Crippen molar-refractivity contribution in [2.75, 3.05) is 39.8 Å². The molecule has 45 heavy (non-hydrogen) atoms. The molecule has 0 spiro atoms. The highest BCUT2D eigenvalue weighted by Crippen LogP contribution is 2.48. The summed E-state index contributed by atoms with van der Waals surface area (Å²) in [6.07, 6.45) is 5.19. The van der Waals surface area contributed by atoms with Gasteiger partial charge in [-0.2, -0.15) is 0 Å². The minimum atomic E-state index is -1.19. The third-order valence-electron chi connectivity index (χ3n) is 10.4. The number of aliphatic hydroxyl groups is 1. The Hall–Kier alpha value is -3.77. The van der Waals surface area contributed by atoms with Crippen molar-refractivity contribution in [1.29, 1.82) is 0 Å². The Bertz CT molecular complexity index is 1740. The van der Waals surface area contributed by atoms with Crippen molar-refractivity contribution >= 4 is 21.7 Å². The highest BCUT2D eigenvalue weighted by Gasteiger charge is 2.42. The molecule has 0 radical (unpaired) electrons. The highest BCUT2D eigenvalue weighted by molar-refractivity contribution is 5.83. The summed E-state index contributed by atoms with van der Waals surface area (Å²) in [5.74, 6) is 1.85. The van der Waals surface area contributed by atoms with E-state index in [0.717, 1.165) is 70.7 Å². The first-order valence-electron chi connectivity index (χ1n) is 16.8. The molecule has 0 amide bonds. The third-order valence-corrected chi connectivity index (χ3v) is 10.4. The minimum absolute atomic E-state index is 0.377. The zero-order valence-corrected chi connectivity index (χ0v) is 26.4. The van der Waals surface area contributed by atoms with Gasteiger partial charge >= 0.3 is 0 Å². The fraction of sp³-hybridized carbons (Fsp3) is 0.375. The largest absolute Gasteiger partial charge is 0.481 e. The van der Waals surface area contributed by atoms with Gasteiger partial charge in [0.2, 0.25) is 5.88 Å². The number of aromatic nitrogens is 1. The van der Waals surface area contributed by atoms with E-state index >= 15 is 0 Å².